The van der Waals surface area contributed by atoms with Crippen molar-refractivity contribution in [3.63, 3.8) is 0 Å². The number of nitrogens with zero attached hydrogens (tertiary/aromatic N) is 2. The molecule has 3 rings (SSSR count). The molecule has 1 aromatic heterocycles. The number of aromatic nitrogens is 2. The highest BCUT2D eigenvalue weighted by atomic mass is 35.5. The summed E-state index contributed by atoms with van der Waals surface area (Å²) >= 11 is 6.00. The lowest BCUT2D eigenvalue weighted by atomic mass is 10.1. The van der Waals surface area contributed by atoms with Crippen LogP contribution in [-0.4, -0.2) is 9.55 Å². The maximum atomic E-state index is 6.00. The Morgan fingerprint density at radius 2 is 1.78 bits per heavy atom. The van der Waals surface area contributed by atoms with Crippen LogP contribution in [0.25, 0.3) is 0 Å². The van der Waals surface area contributed by atoms with Crippen LogP contribution in [0, 0.1) is 0 Å². The van der Waals surface area contributed by atoms with Gasteiger partial charge in [0.25, 0.3) is 0 Å². The fourth-order valence-electron chi connectivity index (χ4n) is 2.43. The molecule has 0 aliphatic carbocycles. The van der Waals surface area contributed by atoms with Gasteiger partial charge in [-0.1, -0.05) is 61.5 Å². The summed E-state index contributed by atoms with van der Waals surface area (Å²) in [7, 11) is 0. The number of hydrogen-bond donors (Lipinski definition) is 1. The summed E-state index contributed by atoms with van der Waals surface area (Å²) in [6.45, 7) is 1.65. The molecule has 0 saturated carbocycles. The second-order valence-electron chi connectivity index (χ2n) is 5.23. The summed E-state index contributed by atoms with van der Waals surface area (Å²) in [6.07, 6.45) is 5.62. The van der Waals surface area contributed by atoms with Gasteiger partial charge in [0.1, 0.15) is 0 Å². The number of nitrogens with one attached hydrogen (secondary N) is 1. The van der Waals surface area contributed by atoms with E-state index in [1.165, 1.54) is 11.1 Å². The van der Waals surface area contributed by atoms with Gasteiger partial charge in [0.2, 0.25) is 0 Å². The monoisotopic (exact) mass is 327 g/mol. The van der Waals surface area contributed by atoms with Crippen LogP contribution in [0.1, 0.15) is 24.6 Å². The molecule has 0 aliphatic rings. The number of halogens is 1. The first-order chi connectivity index (χ1) is 10.8. The molecule has 0 spiro atoms. The van der Waals surface area contributed by atoms with E-state index in [-0.39, 0.29) is 13.5 Å². The molecule has 2 aromatic carbocycles. The molecule has 120 valence electrons. The molecular formula is C19H22ClN3. The molecule has 1 unspecified atom stereocenters. The average molecular weight is 328 g/mol. The van der Waals surface area contributed by atoms with Crippen molar-refractivity contribution in [2.45, 2.75) is 26.6 Å². The Hall–Kier alpha value is -2.10. The summed E-state index contributed by atoms with van der Waals surface area (Å²) in [5, 5.41) is 4.38. The second kappa shape index (κ2) is 8.51. The lowest BCUT2D eigenvalue weighted by Gasteiger charge is -2.20. The van der Waals surface area contributed by atoms with Gasteiger partial charge in [-0.25, -0.2) is 4.98 Å². The van der Waals surface area contributed by atoms with Gasteiger partial charge in [-0.05, 0) is 23.3 Å². The summed E-state index contributed by atoms with van der Waals surface area (Å²) in [6, 6.07) is 18.6. The largest absolute Gasteiger partial charge is 0.336 e. The molecule has 0 amide bonds. The van der Waals surface area contributed by atoms with Gasteiger partial charge in [-0.15, -0.1) is 0 Å². The van der Waals surface area contributed by atoms with Crippen molar-refractivity contribution in [2.24, 2.45) is 0 Å². The molecule has 0 saturated heterocycles. The van der Waals surface area contributed by atoms with Gasteiger partial charge in [0.15, 0.2) is 0 Å². The number of hydrogen-bond acceptors (Lipinski definition) is 2. The van der Waals surface area contributed by atoms with Crippen molar-refractivity contribution >= 4 is 11.6 Å². The highest BCUT2D eigenvalue weighted by molar-refractivity contribution is 6.30. The van der Waals surface area contributed by atoms with Crippen molar-refractivity contribution in [3.8, 4) is 0 Å². The van der Waals surface area contributed by atoms with E-state index in [0.717, 1.165) is 18.1 Å². The third-order valence-electron chi connectivity index (χ3n) is 3.62. The van der Waals surface area contributed by atoms with Crippen LogP contribution in [0.3, 0.4) is 0 Å². The molecule has 0 radical (unpaired) electrons. The van der Waals surface area contributed by atoms with E-state index in [1.807, 2.05) is 30.7 Å². The minimum Gasteiger partial charge on any atom is -0.336 e. The summed E-state index contributed by atoms with van der Waals surface area (Å²) in [4.78, 5) is 4.12. The van der Waals surface area contributed by atoms with E-state index in [0.29, 0.717) is 0 Å². The van der Waals surface area contributed by atoms with Gasteiger partial charge in [-0.2, -0.15) is 0 Å². The Morgan fingerprint density at radius 1 is 1.04 bits per heavy atom. The minimum atomic E-state index is 0. The third-order valence-corrected chi connectivity index (χ3v) is 3.87. The summed E-state index contributed by atoms with van der Waals surface area (Å²) in [5.74, 6) is 0. The predicted octanol–water partition coefficient (Wildman–Crippen LogP) is 4.70. The molecule has 4 heteroatoms. The van der Waals surface area contributed by atoms with Crippen LogP contribution >= 0.6 is 11.6 Å². The van der Waals surface area contributed by atoms with Crippen molar-refractivity contribution in [1.82, 2.24) is 14.9 Å². The molecule has 0 aliphatic heterocycles. The van der Waals surface area contributed by atoms with E-state index in [2.05, 4.69) is 51.3 Å². The van der Waals surface area contributed by atoms with E-state index in [4.69, 9.17) is 11.6 Å². The maximum absolute atomic E-state index is 6.00. The Bertz CT molecular complexity index is 678. The van der Waals surface area contributed by atoms with Crippen LogP contribution in [0.2, 0.25) is 5.02 Å². The number of imidazole rings is 1. The topological polar surface area (TPSA) is 29.9 Å². The molecule has 3 aromatic rings. The molecule has 0 fully saturated rings. The summed E-state index contributed by atoms with van der Waals surface area (Å²) in [5.41, 5.74) is 2.49. The lowest BCUT2D eigenvalue weighted by Crippen LogP contribution is -2.25. The first kappa shape index (κ1) is 17.3. The minimum absolute atomic E-state index is 0. The van der Waals surface area contributed by atoms with Gasteiger partial charge in [0.05, 0.1) is 12.4 Å². The molecule has 0 bridgehead atoms. The molecule has 23 heavy (non-hydrogen) atoms. The average Bonchev–Trinajstić information content (AvgIpc) is 3.06. The standard InChI is InChI=1S/C18H18ClN3.CH4/c19-17-8-6-16(7-9-17)18(13-22-11-10-20-14-22)21-12-15-4-2-1-3-5-15;/h1-11,14,18,21H,12-13H2;1H4. The Balaban J connectivity index is 0.00000192. The van der Waals surface area contributed by atoms with Gasteiger partial charge < -0.3 is 9.88 Å². The van der Waals surface area contributed by atoms with E-state index in [9.17, 15) is 0 Å². The Morgan fingerprint density at radius 3 is 2.43 bits per heavy atom. The van der Waals surface area contributed by atoms with Crippen LogP contribution < -0.4 is 5.32 Å². The predicted molar refractivity (Wildman–Crippen MR) is 96.4 cm³/mol. The van der Waals surface area contributed by atoms with E-state index < -0.39 is 0 Å². The van der Waals surface area contributed by atoms with Crippen LogP contribution in [-0.2, 0) is 13.1 Å². The molecular weight excluding hydrogens is 306 g/mol. The first-order valence-corrected chi connectivity index (χ1v) is 7.67. The zero-order chi connectivity index (χ0) is 15.2. The van der Waals surface area contributed by atoms with Gasteiger partial charge in [-0.3, -0.25) is 0 Å². The molecule has 1 N–H and O–H groups in total. The fraction of sp³-hybridized carbons (Fsp3) is 0.211. The van der Waals surface area contributed by atoms with E-state index in [1.54, 1.807) is 6.20 Å². The van der Waals surface area contributed by atoms with Crippen molar-refractivity contribution in [1.29, 1.82) is 0 Å². The number of benzene rings is 2. The Labute approximate surface area is 143 Å². The second-order valence-corrected chi connectivity index (χ2v) is 5.67. The SMILES string of the molecule is C.Clc1ccc(C(Cn2ccnc2)NCc2ccccc2)cc1. The third kappa shape index (κ3) is 4.95. The highest BCUT2D eigenvalue weighted by Gasteiger charge is 2.11. The highest BCUT2D eigenvalue weighted by Crippen LogP contribution is 2.19. The smallest absolute Gasteiger partial charge is 0.0946 e. The van der Waals surface area contributed by atoms with Crippen LogP contribution in [0.5, 0.6) is 0 Å². The van der Waals surface area contributed by atoms with Gasteiger partial charge >= 0.3 is 0 Å². The fourth-order valence-corrected chi connectivity index (χ4v) is 2.55. The lowest BCUT2D eigenvalue weighted by molar-refractivity contribution is 0.462. The van der Waals surface area contributed by atoms with E-state index >= 15 is 0 Å². The molecule has 3 nitrogen and oxygen atoms in total. The first-order valence-electron chi connectivity index (χ1n) is 7.30. The van der Waals surface area contributed by atoms with Crippen molar-refractivity contribution < 1.29 is 0 Å². The van der Waals surface area contributed by atoms with Crippen molar-refractivity contribution in [2.75, 3.05) is 0 Å². The molecule has 1 heterocycles. The van der Waals surface area contributed by atoms with Crippen LogP contribution in [0.15, 0.2) is 73.3 Å². The molecule has 1 atom stereocenters. The van der Waals surface area contributed by atoms with Crippen LogP contribution in [0.4, 0.5) is 0 Å². The zero-order valence-corrected chi connectivity index (χ0v) is 12.9. The Kier molecular flexibility index (Phi) is 6.39. The summed E-state index contributed by atoms with van der Waals surface area (Å²) < 4.78 is 2.08. The normalized spacial score (nSPS) is 11.7. The van der Waals surface area contributed by atoms with Gasteiger partial charge in [0, 0.05) is 30.5 Å². The maximum Gasteiger partial charge on any atom is 0.0946 e. The number of rotatable bonds is 6. The zero-order valence-electron chi connectivity index (χ0n) is 12.2. The quantitative estimate of drug-likeness (QED) is 0.711. The van der Waals surface area contributed by atoms with Crippen molar-refractivity contribution in [3.05, 3.63) is 89.5 Å².